The van der Waals surface area contributed by atoms with Gasteiger partial charge in [0.05, 0.1) is 12.2 Å². The molecule has 1 unspecified atom stereocenters. The smallest absolute Gasteiger partial charge is 0.138 e. The summed E-state index contributed by atoms with van der Waals surface area (Å²) >= 11 is 0. The number of Topliss-reactive ketones (excluding diaryl/α,β-unsaturated/α-hetero) is 1. The van der Waals surface area contributed by atoms with Crippen LogP contribution in [-0.4, -0.2) is 18.0 Å². The molecule has 0 aromatic heterocycles. The zero-order valence-electron chi connectivity index (χ0n) is 21.9. The number of hydrogen-bond acceptors (Lipinski definition) is 2. The molecule has 4 saturated carbocycles. The monoisotopic (exact) mass is 438 g/mol. The Morgan fingerprint density at radius 1 is 0.906 bits per heavy atom. The fourth-order valence-electron chi connectivity index (χ4n) is 11.0. The molecule has 0 aromatic rings. The molecule has 0 spiro atoms. The number of epoxide rings is 1. The van der Waals surface area contributed by atoms with Gasteiger partial charge in [-0.05, 0) is 78.4 Å². The van der Waals surface area contributed by atoms with Crippen molar-refractivity contribution < 1.29 is 9.53 Å². The minimum absolute atomic E-state index is 0.184. The number of allylic oxidation sites excluding steroid dienone is 1. The van der Waals surface area contributed by atoms with Gasteiger partial charge in [-0.25, -0.2) is 0 Å². The largest absolute Gasteiger partial charge is 0.368 e. The van der Waals surface area contributed by atoms with Gasteiger partial charge in [-0.3, -0.25) is 4.79 Å². The average molecular weight is 439 g/mol. The van der Waals surface area contributed by atoms with Crippen molar-refractivity contribution in [3.05, 3.63) is 11.6 Å². The second-order valence-corrected chi connectivity index (χ2v) is 15.3. The maximum atomic E-state index is 12.9. The van der Waals surface area contributed by atoms with Crippen LogP contribution in [0.3, 0.4) is 0 Å². The fraction of sp³-hybridized carbons (Fsp3) is 0.900. The van der Waals surface area contributed by atoms with E-state index in [4.69, 9.17) is 4.74 Å². The second kappa shape index (κ2) is 5.95. The molecule has 1 saturated heterocycles. The first-order valence-electron chi connectivity index (χ1n) is 13.6. The maximum Gasteiger partial charge on any atom is 0.138 e. The zero-order valence-corrected chi connectivity index (χ0v) is 21.9. The van der Waals surface area contributed by atoms with Gasteiger partial charge in [0.15, 0.2) is 0 Å². The Labute approximate surface area is 196 Å². The average Bonchev–Trinajstić information content (AvgIpc) is 3.47. The molecule has 0 aromatic carbocycles. The lowest BCUT2D eigenvalue weighted by atomic mass is 9.35. The molecule has 0 bridgehead atoms. The lowest BCUT2D eigenvalue weighted by Crippen LogP contribution is -2.65. The van der Waals surface area contributed by atoms with E-state index in [1.54, 1.807) is 5.57 Å². The third-order valence-corrected chi connectivity index (χ3v) is 12.7. The zero-order chi connectivity index (χ0) is 23.1. The van der Waals surface area contributed by atoms with E-state index in [0.717, 1.165) is 18.8 Å². The third kappa shape index (κ3) is 2.39. The first-order valence-corrected chi connectivity index (χ1v) is 13.6. The van der Waals surface area contributed by atoms with Crippen molar-refractivity contribution in [3.8, 4) is 0 Å². The first kappa shape index (κ1) is 21.9. The van der Waals surface area contributed by atoms with Crippen LogP contribution in [0.15, 0.2) is 11.6 Å². The molecule has 178 valence electrons. The van der Waals surface area contributed by atoms with Crippen LogP contribution in [0.25, 0.3) is 0 Å². The summed E-state index contributed by atoms with van der Waals surface area (Å²) in [5.41, 5.74) is 3.05. The first-order chi connectivity index (χ1) is 14.7. The molecule has 1 heterocycles. The summed E-state index contributed by atoms with van der Waals surface area (Å²) in [6.07, 6.45) is 13.1. The van der Waals surface area contributed by atoms with Gasteiger partial charge in [0.1, 0.15) is 5.78 Å². The summed E-state index contributed by atoms with van der Waals surface area (Å²) in [4.78, 5) is 12.9. The lowest BCUT2D eigenvalue weighted by molar-refractivity contribution is -0.164. The SMILES string of the molecule is CC1(C)CC[C@]2(C)CC=C3[C@]4(C)CC[C@H]5C(C)(C)C(=O)CC[C@]5(C)[C@H]4[C@@H]4O[C@@H]4[C@@]3(C)C2C1. The highest BCUT2D eigenvalue weighted by Crippen LogP contribution is 2.78. The van der Waals surface area contributed by atoms with Crippen molar-refractivity contribution in [1.29, 1.82) is 0 Å². The molecule has 5 aliphatic carbocycles. The highest BCUT2D eigenvalue weighted by molar-refractivity contribution is 5.85. The molecule has 0 amide bonds. The van der Waals surface area contributed by atoms with Crippen LogP contribution < -0.4 is 0 Å². The normalized spacial score (nSPS) is 57.2. The molecule has 1 aliphatic heterocycles. The molecule has 0 radical (unpaired) electrons. The Balaban J connectivity index is 1.47. The van der Waals surface area contributed by atoms with E-state index in [9.17, 15) is 4.79 Å². The number of ether oxygens (including phenoxy) is 1. The Bertz CT molecular complexity index is 912. The van der Waals surface area contributed by atoms with Crippen molar-refractivity contribution in [2.24, 2.45) is 50.2 Å². The van der Waals surface area contributed by atoms with E-state index in [-0.39, 0.29) is 21.7 Å². The van der Waals surface area contributed by atoms with Crippen LogP contribution in [0.4, 0.5) is 0 Å². The van der Waals surface area contributed by atoms with Gasteiger partial charge < -0.3 is 4.74 Å². The van der Waals surface area contributed by atoms with E-state index < -0.39 is 0 Å². The summed E-state index contributed by atoms with van der Waals surface area (Å²) in [6.45, 7) is 19.8. The van der Waals surface area contributed by atoms with Crippen molar-refractivity contribution >= 4 is 5.78 Å². The van der Waals surface area contributed by atoms with Gasteiger partial charge >= 0.3 is 0 Å². The molecular formula is C30H46O2. The van der Waals surface area contributed by atoms with Crippen LogP contribution >= 0.6 is 0 Å². The van der Waals surface area contributed by atoms with Gasteiger partial charge in [0.25, 0.3) is 0 Å². The molecule has 6 aliphatic rings. The van der Waals surface area contributed by atoms with Crippen molar-refractivity contribution in [3.63, 3.8) is 0 Å². The van der Waals surface area contributed by atoms with Crippen LogP contribution in [0.5, 0.6) is 0 Å². The minimum atomic E-state index is -0.188. The molecule has 32 heavy (non-hydrogen) atoms. The summed E-state index contributed by atoms with van der Waals surface area (Å²) < 4.78 is 6.83. The van der Waals surface area contributed by atoms with Crippen molar-refractivity contribution in [2.45, 2.75) is 119 Å². The van der Waals surface area contributed by atoms with Crippen LogP contribution in [0.1, 0.15) is 107 Å². The van der Waals surface area contributed by atoms with E-state index in [2.05, 4.69) is 61.5 Å². The van der Waals surface area contributed by atoms with Crippen LogP contribution in [0.2, 0.25) is 0 Å². The Hall–Kier alpha value is -0.630. The number of fused-ring (bicyclic) bond motifs is 10. The van der Waals surface area contributed by atoms with Crippen LogP contribution in [0, 0.1) is 50.2 Å². The summed E-state index contributed by atoms with van der Waals surface area (Å²) in [7, 11) is 0. The van der Waals surface area contributed by atoms with Gasteiger partial charge in [-0.2, -0.15) is 0 Å². The number of rotatable bonds is 0. The highest BCUT2D eigenvalue weighted by atomic mass is 16.6. The summed E-state index contributed by atoms with van der Waals surface area (Å²) in [5.74, 6) is 2.27. The number of carbonyl (C=O) groups is 1. The Morgan fingerprint density at radius 2 is 1.62 bits per heavy atom. The molecular weight excluding hydrogens is 392 g/mol. The molecule has 5 fully saturated rings. The van der Waals surface area contributed by atoms with Gasteiger partial charge in [0.2, 0.25) is 0 Å². The third-order valence-electron chi connectivity index (χ3n) is 12.7. The van der Waals surface area contributed by atoms with E-state index in [1.807, 2.05) is 0 Å². The molecule has 9 atom stereocenters. The second-order valence-electron chi connectivity index (χ2n) is 15.3. The van der Waals surface area contributed by atoms with Gasteiger partial charge in [-0.15, -0.1) is 0 Å². The lowest BCUT2D eigenvalue weighted by Gasteiger charge is -2.68. The van der Waals surface area contributed by atoms with Crippen molar-refractivity contribution in [1.82, 2.24) is 0 Å². The van der Waals surface area contributed by atoms with Gasteiger partial charge in [-0.1, -0.05) is 67.0 Å². The standard InChI is InChI=1S/C30H46O2/c1-25(2)15-16-27(5)12-9-19-29(7)13-10-18-26(3,4)21(31)11-14-28(18,6)23(29)22-24(32-22)30(19,8)20(27)17-25/h9,18,20,22-24H,10-17H2,1-8H3/t18-,20?,22-,23+,24-,27-,28-,29-,30+/m0/s1. The molecule has 2 heteroatoms. The predicted molar refractivity (Wildman–Crippen MR) is 129 cm³/mol. The minimum Gasteiger partial charge on any atom is -0.368 e. The van der Waals surface area contributed by atoms with E-state index in [1.165, 1.54) is 38.5 Å². The van der Waals surface area contributed by atoms with Crippen molar-refractivity contribution in [2.75, 3.05) is 0 Å². The van der Waals surface area contributed by atoms with Gasteiger partial charge in [0, 0.05) is 23.2 Å². The number of ketones is 1. The van der Waals surface area contributed by atoms with E-state index >= 15 is 0 Å². The predicted octanol–water partition coefficient (Wildman–Crippen LogP) is 7.36. The number of carbonyl (C=O) groups excluding carboxylic acids is 1. The quantitative estimate of drug-likeness (QED) is 0.292. The van der Waals surface area contributed by atoms with Crippen LogP contribution in [-0.2, 0) is 9.53 Å². The Kier molecular flexibility index (Phi) is 4.07. The molecule has 6 rings (SSSR count). The highest BCUT2D eigenvalue weighted by Gasteiger charge is 2.77. The molecule has 0 N–H and O–H groups in total. The molecule has 2 nitrogen and oxygen atoms in total. The summed E-state index contributed by atoms with van der Waals surface area (Å²) in [6, 6.07) is 0. The number of hydrogen-bond donors (Lipinski definition) is 0. The maximum absolute atomic E-state index is 12.9. The Morgan fingerprint density at radius 3 is 2.34 bits per heavy atom. The van der Waals surface area contributed by atoms with E-state index in [0.29, 0.717) is 40.7 Å². The summed E-state index contributed by atoms with van der Waals surface area (Å²) in [5, 5.41) is 0. The topological polar surface area (TPSA) is 29.6 Å². The fourth-order valence-corrected chi connectivity index (χ4v) is 11.0.